The van der Waals surface area contributed by atoms with Crippen molar-refractivity contribution >= 4 is 17.7 Å². The van der Waals surface area contributed by atoms with Crippen molar-refractivity contribution in [2.75, 3.05) is 5.32 Å². The number of hydrogen-bond donors (Lipinski definition) is 2. The van der Waals surface area contributed by atoms with Crippen molar-refractivity contribution in [1.82, 2.24) is 10.2 Å². The largest absolute Gasteiger partial charge is 0.573 e. The molecule has 0 saturated heterocycles. The molecule has 5 nitrogen and oxygen atoms in total. The van der Waals surface area contributed by atoms with Gasteiger partial charge in [-0.25, -0.2) is 0 Å². The van der Waals surface area contributed by atoms with E-state index >= 15 is 0 Å². The molecule has 0 aliphatic carbocycles. The van der Waals surface area contributed by atoms with Gasteiger partial charge in [0.1, 0.15) is 12.0 Å². The van der Waals surface area contributed by atoms with Crippen molar-refractivity contribution in [1.29, 1.82) is 0 Å². The van der Waals surface area contributed by atoms with Gasteiger partial charge in [-0.15, -0.1) is 13.2 Å². The summed E-state index contributed by atoms with van der Waals surface area (Å²) in [6, 6.07) is 3.53. The van der Waals surface area contributed by atoms with Gasteiger partial charge in [0.2, 0.25) is 0 Å². The van der Waals surface area contributed by atoms with E-state index in [1.807, 2.05) is 0 Å². The first-order valence-electron chi connectivity index (χ1n) is 5.08. The van der Waals surface area contributed by atoms with Crippen molar-refractivity contribution < 1.29 is 22.7 Å². The van der Waals surface area contributed by atoms with Gasteiger partial charge in [0.15, 0.2) is 0 Å². The highest BCUT2D eigenvalue weighted by Crippen LogP contribution is 2.27. The Bertz CT molecular complexity index is 567. The number of aromatic nitrogens is 2. The SMILES string of the molecule is O=Cc1cc(Nc2cn[nH]c2)cc(OC(F)(F)F)c1. The van der Waals surface area contributed by atoms with Crippen LogP contribution in [0.2, 0.25) is 0 Å². The number of nitrogens with one attached hydrogen (secondary N) is 2. The summed E-state index contributed by atoms with van der Waals surface area (Å²) in [5, 5.41) is 9.00. The summed E-state index contributed by atoms with van der Waals surface area (Å²) in [7, 11) is 0. The van der Waals surface area contributed by atoms with E-state index in [-0.39, 0.29) is 11.3 Å². The minimum Gasteiger partial charge on any atom is -0.406 e. The predicted octanol–water partition coefficient (Wildman–Crippen LogP) is 2.86. The first-order chi connectivity index (χ1) is 8.96. The molecule has 0 aliphatic heterocycles. The van der Waals surface area contributed by atoms with Gasteiger partial charge in [-0.3, -0.25) is 9.89 Å². The topological polar surface area (TPSA) is 67.0 Å². The third kappa shape index (κ3) is 3.73. The van der Waals surface area contributed by atoms with Gasteiger partial charge in [0.05, 0.1) is 11.9 Å². The number of carbonyl (C=O) groups is 1. The molecule has 2 aromatic rings. The van der Waals surface area contributed by atoms with Gasteiger partial charge in [-0.1, -0.05) is 0 Å². The summed E-state index contributed by atoms with van der Waals surface area (Å²) in [6.07, 6.45) is -1.42. The molecule has 0 fully saturated rings. The van der Waals surface area contributed by atoms with Crippen molar-refractivity contribution in [2.45, 2.75) is 6.36 Å². The molecule has 0 saturated carbocycles. The minimum atomic E-state index is -4.81. The van der Waals surface area contributed by atoms with Gasteiger partial charge in [0, 0.05) is 23.5 Å². The monoisotopic (exact) mass is 271 g/mol. The summed E-state index contributed by atoms with van der Waals surface area (Å²) >= 11 is 0. The minimum absolute atomic E-state index is 0.0627. The van der Waals surface area contributed by atoms with Crippen LogP contribution in [0.3, 0.4) is 0 Å². The van der Waals surface area contributed by atoms with Crippen molar-refractivity contribution in [3.8, 4) is 5.75 Å². The number of ether oxygens (including phenoxy) is 1. The van der Waals surface area contributed by atoms with Crippen LogP contribution in [0.5, 0.6) is 5.75 Å². The Morgan fingerprint density at radius 2 is 2.05 bits per heavy atom. The number of aromatic amines is 1. The summed E-state index contributed by atoms with van der Waals surface area (Å²) in [5.74, 6) is -0.469. The highest BCUT2D eigenvalue weighted by Gasteiger charge is 2.31. The Morgan fingerprint density at radius 1 is 1.26 bits per heavy atom. The molecule has 0 spiro atoms. The zero-order valence-corrected chi connectivity index (χ0v) is 9.36. The van der Waals surface area contributed by atoms with Gasteiger partial charge in [-0.05, 0) is 12.1 Å². The molecular formula is C11H8F3N3O2. The fourth-order valence-electron chi connectivity index (χ4n) is 1.44. The Hall–Kier alpha value is -2.51. The molecule has 1 aromatic carbocycles. The van der Waals surface area contributed by atoms with Crippen LogP contribution in [0, 0.1) is 0 Å². The highest BCUT2D eigenvalue weighted by molar-refractivity contribution is 5.79. The molecule has 0 unspecified atom stereocenters. The molecule has 0 atom stereocenters. The van der Waals surface area contributed by atoms with Crippen molar-refractivity contribution in [2.24, 2.45) is 0 Å². The molecular weight excluding hydrogens is 263 g/mol. The maximum Gasteiger partial charge on any atom is 0.573 e. The molecule has 0 bridgehead atoms. The number of rotatable bonds is 4. The van der Waals surface area contributed by atoms with E-state index in [0.29, 0.717) is 12.0 Å². The summed E-state index contributed by atoms with van der Waals surface area (Å²) in [6.45, 7) is 0. The second-order valence-corrected chi connectivity index (χ2v) is 3.57. The van der Waals surface area contributed by atoms with E-state index in [9.17, 15) is 18.0 Å². The van der Waals surface area contributed by atoms with Gasteiger partial charge in [-0.2, -0.15) is 5.10 Å². The number of alkyl halides is 3. The lowest BCUT2D eigenvalue weighted by atomic mass is 10.2. The Kier molecular flexibility index (Phi) is 3.41. The number of benzene rings is 1. The van der Waals surface area contributed by atoms with E-state index < -0.39 is 12.1 Å². The highest BCUT2D eigenvalue weighted by atomic mass is 19.4. The standard InChI is InChI=1S/C11H8F3N3O2/c12-11(13,14)19-10-2-7(6-18)1-8(3-10)17-9-4-15-16-5-9/h1-6,17H,(H,15,16). The van der Waals surface area contributed by atoms with Crippen molar-refractivity contribution in [3.63, 3.8) is 0 Å². The van der Waals surface area contributed by atoms with Crippen LogP contribution in [-0.2, 0) is 0 Å². The molecule has 0 radical (unpaired) electrons. The van der Waals surface area contributed by atoms with Crippen LogP contribution < -0.4 is 10.1 Å². The van der Waals surface area contributed by atoms with Crippen LogP contribution in [0.15, 0.2) is 30.6 Å². The van der Waals surface area contributed by atoms with Crippen LogP contribution in [0.1, 0.15) is 10.4 Å². The van der Waals surface area contributed by atoms with E-state index in [4.69, 9.17) is 0 Å². The summed E-state index contributed by atoms with van der Waals surface area (Å²) < 4.78 is 40.2. The summed E-state index contributed by atoms with van der Waals surface area (Å²) in [5.41, 5.74) is 0.888. The van der Waals surface area contributed by atoms with Crippen LogP contribution in [0.25, 0.3) is 0 Å². The van der Waals surface area contributed by atoms with Crippen molar-refractivity contribution in [3.05, 3.63) is 36.2 Å². The van der Waals surface area contributed by atoms with E-state index in [1.165, 1.54) is 18.5 Å². The number of hydrogen-bond acceptors (Lipinski definition) is 4. The second kappa shape index (κ2) is 5.01. The average Bonchev–Trinajstić information content (AvgIpc) is 2.79. The molecule has 0 amide bonds. The number of carbonyl (C=O) groups excluding carboxylic acids is 1. The molecule has 8 heteroatoms. The fraction of sp³-hybridized carbons (Fsp3) is 0.0909. The number of aldehydes is 1. The number of anilines is 2. The molecule has 2 N–H and O–H groups in total. The quantitative estimate of drug-likeness (QED) is 0.839. The number of nitrogens with zero attached hydrogens (tertiary/aromatic N) is 1. The maximum absolute atomic E-state index is 12.1. The lowest BCUT2D eigenvalue weighted by Crippen LogP contribution is -2.17. The molecule has 100 valence electrons. The van der Waals surface area contributed by atoms with Gasteiger partial charge >= 0.3 is 6.36 Å². The number of H-pyrrole nitrogens is 1. The fourth-order valence-corrected chi connectivity index (χ4v) is 1.44. The molecule has 2 rings (SSSR count). The maximum atomic E-state index is 12.1. The smallest absolute Gasteiger partial charge is 0.406 e. The first kappa shape index (κ1) is 12.9. The lowest BCUT2D eigenvalue weighted by molar-refractivity contribution is -0.274. The Labute approximate surface area is 105 Å². The zero-order chi connectivity index (χ0) is 13.9. The average molecular weight is 271 g/mol. The van der Waals surface area contributed by atoms with E-state index in [1.54, 1.807) is 0 Å². The first-order valence-corrected chi connectivity index (χ1v) is 5.08. The normalized spacial score (nSPS) is 11.1. The second-order valence-electron chi connectivity index (χ2n) is 3.57. The van der Waals surface area contributed by atoms with Gasteiger partial charge in [0.25, 0.3) is 0 Å². The van der Waals surface area contributed by atoms with Crippen LogP contribution in [0.4, 0.5) is 24.5 Å². The molecule has 1 heterocycles. The van der Waals surface area contributed by atoms with Crippen LogP contribution in [-0.4, -0.2) is 22.8 Å². The zero-order valence-electron chi connectivity index (χ0n) is 9.36. The predicted molar refractivity (Wildman–Crippen MR) is 60.4 cm³/mol. The van der Waals surface area contributed by atoms with E-state index in [0.717, 1.165) is 12.1 Å². The number of halogens is 3. The summed E-state index contributed by atoms with van der Waals surface area (Å²) in [4.78, 5) is 10.7. The molecule has 19 heavy (non-hydrogen) atoms. The third-order valence-corrected chi connectivity index (χ3v) is 2.09. The van der Waals surface area contributed by atoms with Crippen LogP contribution >= 0.6 is 0 Å². The van der Waals surface area contributed by atoms with Gasteiger partial charge < -0.3 is 10.1 Å². The molecule has 0 aliphatic rings. The lowest BCUT2D eigenvalue weighted by Gasteiger charge is -2.11. The Morgan fingerprint density at radius 3 is 2.63 bits per heavy atom. The van der Waals surface area contributed by atoms with E-state index in [2.05, 4.69) is 20.3 Å². The third-order valence-electron chi connectivity index (χ3n) is 2.09. The molecule has 1 aromatic heterocycles. The Balaban J connectivity index is 2.28.